The van der Waals surface area contributed by atoms with Gasteiger partial charge in [0, 0.05) is 17.6 Å². The fourth-order valence-electron chi connectivity index (χ4n) is 3.16. The molecule has 0 unspecified atom stereocenters. The molecule has 0 saturated heterocycles. The van der Waals surface area contributed by atoms with Gasteiger partial charge in [0.1, 0.15) is 12.3 Å². The lowest BCUT2D eigenvalue weighted by Gasteiger charge is -2.31. The van der Waals surface area contributed by atoms with E-state index in [4.69, 9.17) is 16.3 Å². The second kappa shape index (κ2) is 7.00. The maximum atomic E-state index is 13.0. The molecule has 0 atom stereocenters. The van der Waals surface area contributed by atoms with Crippen LogP contribution < -0.4 is 9.64 Å². The lowest BCUT2D eigenvalue weighted by atomic mass is 10.2. The van der Waals surface area contributed by atoms with Gasteiger partial charge in [-0.1, -0.05) is 41.9 Å². The van der Waals surface area contributed by atoms with E-state index in [9.17, 15) is 9.59 Å². The average molecular weight is 371 g/mol. The summed E-state index contributed by atoms with van der Waals surface area (Å²) in [4.78, 5) is 28.7. The largest absolute Gasteiger partial charge is 0.482 e. The van der Waals surface area contributed by atoms with Gasteiger partial charge < -0.3 is 9.64 Å². The van der Waals surface area contributed by atoms with Crippen molar-refractivity contribution < 1.29 is 14.3 Å². The number of ether oxygens (including phenoxy) is 1. The van der Waals surface area contributed by atoms with Gasteiger partial charge >= 0.3 is 0 Å². The molecule has 1 fully saturated rings. The molecule has 0 bridgehead atoms. The van der Waals surface area contributed by atoms with Crippen molar-refractivity contribution in [2.24, 2.45) is 0 Å². The Morgan fingerprint density at radius 3 is 2.69 bits per heavy atom. The van der Waals surface area contributed by atoms with E-state index in [0.717, 1.165) is 18.4 Å². The number of carbonyl (C=O) groups is 2. The number of nitrogens with zero attached hydrogens (tertiary/aromatic N) is 2. The van der Waals surface area contributed by atoms with Crippen LogP contribution in [0.15, 0.2) is 48.5 Å². The number of fused-ring (bicyclic) bond motifs is 1. The Hall–Kier alpha value is -2.53. The van der Waals surface area contributed by atoms with Crippen molar-refractivity contribution in [3.63, 3.8) is 0 Å². The predicted octanol–water partition coefficient (Wildman–Crippen LogP) is 3.26. The number of benzene rings is 2. The van der Waals surface area contributed by atoms with Crippen LogP contribution in [0.4, 0.5) is 5.69 Å². The lowest BCUT2D eigenvalue weighted by molar-refractivity contribution is -0.133. The van der Waals surface area contributed by atoms with Crippen molar-refractivity contribution in [2.45, 2.75) is 25.4 Å². The van der Waals surface area contributed by atoms with Gasteiger partial charge in [-0.15, -0.1) is 0 Å². The van der Waals surface area contributed by atoms with Gasteiger partial charge in [0.15, 0.2) is 6.61 Å². The minimum Gasteiger partial charge on any atom is -0.482 e. The highest BCUT2D eigenvalue weighted by molar-refractivity contribution is 6.31. The molecule has 6 heteroatoms. The highest BCUT2D eigenvalue weighted by Crippen LogP contribution is 2.35. The third-order valence-electron chi connectivity index (χ3n) is 4.66. The van der Waals surface area contributed by atoms with Gasteiger partial charge in [-0.3, -0.25) is 14.5 Å². The summed E-state index contributed by atoms with van der Waals surface area (Å²) < 4.78 is 5.44. The van der Waals surface area contributed by atoms with Gasteiger partial charge in [0.25, 0.3) is 5.91 Å². The molecule has 134 valence electrons. The molecule has 2 aromatic carbocycles. The third-order valence-corrected chi connectivity index (χ3v) is 4.90. The minimum atomic E-state index is -0.233. The SMILES string of the molecule is O=C1COc2ccc(Cl)cc2N1CC(=O)N(Cc1ccccc1)C1CC1. The molecule has 2 amide bonds. The maximum absolute atomic E-state index is 13.0. The zero-order valence-electron chi connectivity index (χ0n) is 14.2. The van der Waals surface area contributed by atoms with Gasteiger partial charge in [-0.2, -0.15) is 0 Å². The monoisotopic (exact) mass is 370 g/mol. The molecule has 1 aliphatic carbocycles. The molecular formula is C20H19ClN2O3. The van der Waals surface area contributed by atoms with E-state index < -0.39 is 0 Å². The van der Waals surface area contributed by atoms with Crippen LogP contribution >= 0.6 is 11.6 Å². The number of rotatable bonds is 5. The molecule has 5 nitrogen and oxygen atoms in total. The summed E-state index contributed by atoms with van der Waals surface area (Å²) >= 11 is 6.07. The number of hydrogen-bond donors (Lipinski definition) is 0. The van der Waals surface area contributed by atoms with Crippen molar-refractivity contribution >= 4 is 29.1 Å². The molecule has 4 rings (SSSR count). The van der Waals surface area contributed by atoms with E-state index in [0.29, 0.717) is 23.0 Å². The Balaban J connectivity index is 1.55. The molecule has 0 radical (unpaired) electrons. The quantitative estimate of drug-likeness (QED) is 0.811. The predicted molar refractivity (Wildman–Crippen MR) is 99.3 cm³/mol. The highest BCUT2D eigenvalue weighted by Gasteiger charge is 2.35. The highest BCUT2D eigenvalue weighted by atomic mass is 35.5. The fraction of sp³-hybridized carbons (Fsp3) is 0.300. The van der Waals surface area contributed by atoms with Crippen molar-refractivity contribution in [3.8, 4) is 5.75 Å². The van der Waals surface area contributed by atoms with Gasteiger partial charge in [-0.05, 0) is 36.6 Å². The summed E-state index contributed by atoms with van der Waals surface area (Å²) in [6, 6.07) is 15.3. The first-order valence-electron chi connectivity index (χ1n) is 8.68. The lowest BCUT2D eigenvalue weighted by Crippen LogP contribution is -2.46. The summed E-state index contributed by atoms with van der Waals surface area (Å²) in [5, 5.41) is 0.503. The van der Waals surface area contributed by atoms with E-state index in [1.54, 1.807) is 18.2 Å². The maximum Gasteiger partial charge on any atom is 0.265 e. The fourth-order valence-corrected chi connectivity index (χ4v) is 3.33. The number of amides is 2. The third kappa shape index (κ3) is 3.53. The normalized spacial score (nSPS) is 16.0. The van der Waals surface area contributed by atoms with Crippen LogP contribution in [0, 0.1) is 0 Å². The van der Waals surface area contributed by atoms with Crippen LogP contribution in [0.1, 0.15) is 18.4 Å². The van der Waals surface area contributed by atoms with Crippen molar-refractivity contribution in [1.82, 2.24) is 4.90 Å². The Kier molecular flexibility index (Phi) is 4.55. The summed E-state index contributed by atoms with van der Waals surface area (Å²) in [5.41, 5.74) is 1.64. The molecule has 0 N–H and O–H groups in total. The van der Waals surface area contributed by atoms with E-state index in [-0.39, 0.29) is 31.0 Å². The first-order valence-corrected chi connectivity index (χ1v) is 9.06. The average Bonchev–Trinajstić information content (AvgIpc) is 3.48. The summed E-state index contributed by atoms with van der Waals surface area (Å²) in [5.74, 6) is 0.281. The molecule has 0 aromatic heterocycles. The summed E-state index contributed by atoms with van der Waals surface area (Å²) in [7, 11) is 0. The Bertz CT molecular complexity index is 836. The second-order valence-electron chi connectivity index (χ2n) is 6.62. The Morgan fingerprint density at radius 1 is 1.19 bits per heavy atom. The Morgan fingerprint density at radius 2 is 1.96 bits per heavy atom. The molecule has 26 heavy (non-hydrogen) atoms. The second-order valence-corrected chi connectivity index (χ2v) is 7.06. The molecule has 1 aliphatic heterocycles. The number of carbonyl (C=O) groups excluding carboxylic acids is 2. The molecule has 1 heterocycles. The first kappa shape index (κ1) is 16.9. The van der Waals surface area contributed by atoms with Crippen molar-refractivity contribution in [3.05, 3.63) is 59.1 Å². The standard InChI is InChI=1S/C20H19ClN2O3/c21-15-6-9-18-17(10-15)23(20(25)13-26-18)12-19(24)22(16-7-8-16)11-14-4-2-1-3-5-14/h1-6,9-10,16H,7-8,11-13H2. The van der Waals surface area contributed by atoms with Crippen LogP contribution in [0.3, 0.4) is 0 Å². The molecule has 2 aromatic rings. The van der Waals surface area contributed by atoms with Crippen LogP contribution in [0.25, 0.3) is 0 Å². The number of halogens is 1. The minimum absolute atomic E-state index is 0.00112. The van der Waals surface area contributed by atoms with Gasteiger partial charge in [0.05, 0.1) is 5.69 Å². The van der Waals surface area contributed by atoms with Crippen LogP contribution in [-0.2, 0) is 16.1 Å². The number of anilines is 1. The smallest absolute Gasteiger partial charge is 0.265 e. The van der Waals surface area contributed by atoms with Crippen molar-refractivity contribution in [2.75, 3.05) is 18.1 Å². The molecule has 0 spiro atoms. The zero-order chi connectivity index (χ0) is 18.1. The van der Waals surface area contributed by atoms with Crippen LogP contribution in [0.5, 0.6) is 5.75 Å². The van der Waals surface area contributed by atoms with Gasteiger partial charge in [-0.25, -0.2) is 0 Å². The van der Waals surface area contributed by atoms with E-state index >= 15 is 0 Å². The van der Waals surface area contributed by atoms with Crippen LogP contribution in [0.2, 0.25) is 5.02 Å². The molecular weight excluding hydrogens is 352 g/mol. The Labute approximate surface area is 157 Å². The van der Waals surface area contributed by atoms with E-state index in [2.05, 4.69) is 0 Å². The summed E-state index contributed by atoms with van der Waals surface area (Å²) in [6.45, 7) is 0.494. The molecule has 1 saturated carbocycles. The number of hydrogen-bond acceptors (Lipinski definition) is 3. The topological polar surface area (TPSA) is 49.9 Å². The summed E-state index contributed by atoms with van der Waals surface area (Å²) in [6.07, 6.45) is 2.02. The van der Waals surface area contributed by atoms with E-state index in [1.807, 2.05) is 35.2 Å². The molecule has 2 aliphatic rings. The first-order chi connectivity index (χ1) is 12.6. The van der Waals surface area contributed by atoms with Crippen LogP contribution in [-0.4, -0.2) is 35.9 Å². The van der Waals surface area contributed by atoms with E-state index in [1.165, 1.54) is 4.90 Å². The zero-order valence-corrected chi connectivity index (χ0v) is 15.0. The van der Waals surface area contributed by atoms with Gasteiger partial charge in [0.2, 0.25) is 5.91 Å². The van der Waals surface area contributed by atoms with Crippen molar-refractivity contribution in [1.29, 1.82) is 0 Å².